The molecule has 1 aromatic rings. The lowest BCUT2D eigenvalue weighted by Crippen LogP contribution is -2.28. The third kappa shape index (κ3) is 4.88. The van der Waals surface area contributed by atoms with Crippen molar-refractivity contribution >= 4 is 21.9 Å². The Balaban J connectivity index is 2.54. The van der Waals surface area contributed by atoms with E-state index in [1.54, 1.807) is 7.11 Å². The number of benzene rings is 1. The van der Waals surface area contributed by atoms with E-state index >= 15 is 0 Å². The van der Waals surface area contributed by atoms with Crippen LogP contribution in [0.15, 0.2) is 30.3 Å². The van der Waals surface area contributed by atoms with Crippen molar-refractivity contribution < 1.29 is 14.3 Å². The summed E-state index contributed by atoms with van der Waals surface area (Å²) in [5.74, 6) is -0.255. The van der Waals surface area contributed by atoms with Crippen molar-refractivity contribution in [1.82, 2.24) is 0 Å². The first-order valence-electron chi connectivity index (χ1n) is 5.45. The van der Waals surface area contributed by atoms with Gasteiger partial charge in [-0.25, -0.2) is 0 Å². The first-order valence-corrected chi connectivity index (χ1v) is 6.36. The molecule has 0 aliphatic heterocycles. The van der Waals surface area contributed by atoms with Crippen LogP contribution in [-0.2, 0) is 20.7 Å². The van der Waals surface area contributed by atoms with Crippen LogP contribution in [0.4, 0.5) is 0 Å². The molecule has 2 unspecified atom stereocenters. The summed E-state index contributed by atoms with van der Waals surface area (Å²) in [6, 6.07) is 10.1. The van der Waals surface area contributed by atoms with Crippen molar-refractivity contribution in [1.29, 1.82) is 0 Å². The molecule has 0 aromatic heterocycles. The predicted octanol–water partition coefficient (Wildman–Crippen LogP) is 2.57. The molecule has 0 heterocycles. The highest BCUT2D eigenvalue weighted by atomic mass is 79.9. The summed E-state index contributed by atoms with van der Waals surface area (Å²) in [6.07, 6.45) is 0.897. The van der Waals surface area contributed by atoms with Gasteiger partial charge in [0.1, 0.15) is 0 Å². The van der Waals surface area contributed by atoms with Crippen LogP contribution in [0, 0.1) is 0 Å². The van der Waals surface area contributed by atoms with E-state index in [-0.39, 0.29) is 23.3 Å². The first kappa shape index (κ1) is 14.2. The highest BCUT2D eigenvalue weighted by Gasteiger charge is 2.22. The highest BCUT2D eigenvalue weighted by Crippen LogP contribution is 2.18. The van der Waals surface area contributed by atoms with Gasteiger partial charge in [-0.3, -0.25) is 4.79 Å². The van der Waals surface area contributed by atoms with Crippen LogP contribution in [0.5, 0.6) is 0 Å². The van der Waals surface area contributed by atoms with Gasteiger partial charge in [0.2, 0.25) is 0 Å². The van der Waals surface area contributed by atoms with Gasteiger partial charge in [-0.1, -0.05) is 46.3 Å². The number of halogens is 1. The number of rotatable bonds is 6. The van der Waals surface area contributed by atoms with Gasteiger partial charge in [0.15, 0.2) is 0 Å². The van der Waals surface area contributed by atoms with Crippen molar-refractivity contribution in [3.8, 4) is 0 Å². The number of hydrogen-bond acceptors (Lipinski definition) is 3. The molecule has 2 atom stereocenters. The minimum absolute atomic E-state index is 0.0917. The van der Waals surface area contributed by atoms with Crippen molar-refractivity contribution in [3.05, 3.63) is 35.9 Å². The Morgan fingerprint density at radius 3 is 2.47 bits per heavy atom. The summed E-state index contributed by atoms with van der Waals surface area (Å²) in [5.41, 5.74) is 1.21. The molecular formula is C13H17BrO3. The molecule has 0 fully saturated rings. The SMILES string of the molecule is COC(=O)CC(OC)C(Br)Cc1ccccc1. The lowest BCUT2D eigenvalue weighted by molar-refractivity contribution is -0.143. The smallest absolute Gasteiger partial charge is 0.308 e. The maximum absolute atomic E-state index is 11.2. The van der Waals surface area contributed by atoms with Gasteiger partial charge < -0.3 is 9.47 Å². The van der Waals surface area contributed by atoms with Gasteiger partial charge in [0.05, 0.1) is 19.6 Å². The maximum atomic E-state index is 11.2. The van der Waals surface area contributed by atoms with E-state index in [0.717, 1.165) is 6.42 Å². The fourth-order valence-electron chi connectivity index (χ4n) is 1.58. The maximum Gasteiger partial charge on any atom is 0.308 e. The zero-order valence-electron chi connectivity index (χ0n) is 10.1. The Morgan fingerprint density at radius 1 is 1.29 bits per heavy atom. The molecular weight excluding hydrogens is 284 g/mol. The van der Waals surface area contributed by atoms with Gasteiger partial charge in [0.25, 0.3) is 0 Å². The Kier molecular flexibility index (Phi) is 6.22. The van der Waals surface area contributed by atoms with Crippen LogP contribution in [0.25, 0.3) is 0 Å². The molecule has 0 radical (unpaired) electrons. The van der Waals surface area contributed by atoms with E-state index in [0.29, 0.717) is 0 Å². The Morgan fingerprint density at radius 2 is 1.94 bits per heavy atom. The molecule has 3 nitrogen and oxygen atoms in total. The van der Waals surface area contributed by atoms with Gasteiger partial charge in [0, 0.05) is 11.9 Å². The second-order valence-electron chi connectivity index (χ2n) is 3.76. The average Bonchev–Trinajstić information content (AvgIpc) is 2.36. The Bertz CT molecular complexity index is 340. The quantitative estimate of drug-likeness (QED) is 0.598. The second-order valence-corrected chi connectivity index (χ2v) is 4.94. The normalized spacial score (nSPS) is 14.1. The summed E-state index contributed by atoms with van der Waals surface area (Å²) in [4.78, 5) is 11.3. The highest BCUT2D eigenvalue weighted by molar-refractivity contribution is 9.09. The molecule has 0 aliphatic carbocycles. The molecule has 4 heteroatoms. The third-order valence-corrected chi connectivity index (χ3v) is 3.49. The van der Waals surface area contributed by atoms with Crippen LogP contribution in [0.2, 0.25) is 0 Å². The number of esters is 1. The molecule has 0 bridgehead atoms. The van der Waals surface area contributed by atoms with Gasteiger partial charge >= 0.3 is 5.97 Å². The molecule has 0 saturated heterocycles. The van der Waals surface area contributed by atoms with E-state index in [2.05, 4.69) is 32.8 Å². The molecule has 0 N–H and O–H groups in total. The van der Waals surface area contributed by atoms with E-state index in [1.807, 2.05) is 18.2 Å². The number of carbonyl (C=O) groups is 1. The van der Waals surface area contributed by atoms with Crippen LogP contribution in [0.1, 0.15) is 12.0 Å². The van der Waals surface area contributed by atoms with Crippen LogP contribution < -0.4 is 0 Å². The number of carbonyl (C=O) groups excluding carboxylic acids is 1. The average molecular weight is 301 g/mol. The monoisotopic (exact) mass is 300 g/mol. The minimum atomic E-state index is -0.255. The molecule has 0 aliphatic rings. The van der Waals surface area contributed by atoms with Crippen molar-refractivity contribution in [2.75, 3.05) is 14.2 Å². The minimum Gasteiger partial charge on any atom is -0.469 e. The summed E-state index contributed by atoms with van der Waals surface area (Å²) in [7, 11) is 2.99. The number of methoxy groups -OCH3 is 2. The summed E-state index contributed by atoms with van der Waals surface area (Å²) in [5, 5.41) is 0. The Hall–Kier alpha value is -0.870. The standard InChI is InChI=1S/C13H17BrO3/c1-16-12(9-13(15)17-2)11(14)8-10-6-4-3-5-7-10/h3-7,11-12H,8-9H2,1-2H3. The predicted molar refractivity (Wildman–Crippen MR) is 70.3 cm³/mol. The number of ether oxygens (including phenoxy) is 2. The lowest BCUT2D eigenvalue weighted by atomic mass is 10.0. The molecule has 0 amide bonds. The second kappa shape index (κ2) is 7.45. The number of hydrogen-bond donors (Lipinski definition) is 0. The summed E-state index contributed by atoms with van der Waals surface area (Å²) in [6.45, 7) is 0. The van der Waals surface area contributed by atoms with E-state index in [4.69, 9.17) is 4.74 Å². The molecule has 0 saturated carbocycles. The van der Waals surface area contributed by atoms with E-state index in [9.17, 15) is 4.79 Å². The summed E-state index contributed by atoms with van der Waals surface area (Å²) < 4.78 is 9.95. The van der Waals surface area contributed by atoms with Gasteiger partial charge in [-0.05, 0) is 12.0 Å². The van der Waals surface area contributed by atoms with Gasteiger partial charge in [-0.2, -0.15) is 0 Å². The van der Waals surface area contributed by atoms with Crippen LogP contribution in [-0.4, -0.2) is 31.1 Å². The van der Waals surface area contributed by atoms with E-state index < -0.39 is 0 Å². The molecule has 0 spiro atoms. The summed E-state index contributed by atoms with van der Waals surface area (Å²) >= 11 is 3.57. The fourth-order valence-corrected chi connectivity index (χ4v) is 2.35. The molecule has 1 aromatic carbocycles. The van der Waals surface area contributed by atoms with Crippen molar-refractivity contribution in [2.45, 2.75) is 23.8 Å². The zero-order valence-corrected chi connectivity index (χ0v) is 11.6. The fraction of sp³-hybridized carbons (Fsp3) is 0.462. The third-order valence-electron chi connectivity index (χ3n) is 2.58. The van der Waals surface area contributed by atoms with Gasteiger partial charge in [-0.15, -0.1) is 0 Å². The lowest BCUT2D eigenvalue weighted by Gasteiger charge is -2.20. The molecule has 17 heavy (non-hydrogen) atoms. The van der Waals surface area contributed by atoms with Crippen LogP contribution >= 0.6 is 15.9 Å². The first-order chi connectivity index (χ1) is 8.17. The zero-order chi connectivity index (χ0) is 12.7. The molecule has 94 valence electrons. The molecule has 1 rings (SSSR count). The van der Waals surface area contributed by atoms with E-state index in [1.165, 1.54) is 12.7 Å². The largest absolute Gasteiger partial charge is 0.469 e. The van der Waals surface area contributed by atoms with Crippen molar-refractivity contribution in [3.63, 3.8) is 0 Å². The topological polar surface area (TPSA) is 35.5 Å². The van der Waals surface area contributed by atoms with Crippen LogP contribution in [0.3, 0.4) is 0 Å². The number of alkyl halides is 1. The Labute approximate surface area is 110 Å². The van der Waals surface area contributed by atoms with Crippen molar-refractivity contribution in [2.24, 2.45) is 0 Å².